The van der Waals surface area contributed by atoms with Crippen LogP contribution in [0, 0.1) is 5.92 Å². The number of carbonyl (C=O) groups is 4. The molecule has 0 aromatic heterocycles. The van der Waals surface area contributed by atoms with E-state index in [0.717, 1.165) is 19.3 Å². The van der Waals surface area contributed by atoms with Crippen LogP contribution in [0.5, 0.6) is 0 Å². The number of nitrogens with one attached hydrogen (secondary N) is 2. The molecule has 1 unspecified atom stereocenters. The highest BCUT2D eigenvalue weighted by Crippen LogP contribution is 2.46. The fraction of sp³-hybridized carbons (Fsp3) is 0.760. The van der Waals surface area contributed by atoms with E-state index in [1.807, 2.05) is 12.2 Å². The van der Waals surface area contributed by atoms with Gasteiger partial charge in [-0.1, -0.05) is 25.0 Å². The molecule has 2 heterocycles. The van der Waals surface area contributed by atoms with Crippen molar-refractivity contribution in [1.82, 2.24) is 15.5 Å². The molecule has 1 saturated heterocycles. The molecule has 2 fully saturated rings. The summed E-state index contributed by atoms with van der Waals surface area (Å²) in [5, 5.41) is 15.8. The van der Waals surface area contributed by atoms with Crippen LogP contribution in [0.2, 0.25) is 0 Å². The molecule has 3 aliphatic rings. The average Bonchev–Trinajstić information content (AvgIpc) is 3.30. The lowest BCUT2D eigenvalue weighted by atomic mass is 10.0. The normalized spacial score (nSPS) is 32.8. The number of hydrogen-bond donors (Lipinski definition) is 3. The van der Waals surface area contributed by atoms with Crippen LogP contribution in [0.15, 0.2) is 12.2 Å². The van der Waals surface area contributed by atoms with Gasteiger partial charge in [-0.2, -0.15) is 0 Å². The number of rotatable bonds is 3. The predicted molar refractivity (Wildman–Crippen MR) is 127 cm³/mol. The van der Waals surface area contributed by atoms with E-state index in [-0.39, 0.29) is 25.5 Å². The molecule has 10 heteroatoms. The summed E-state index contributed by atoms with van der Waals surface area (Å²) in [5.41, 5.74) is -1.88. The van der Waals surface area contributed by atoms with Gasteiger partial charge >= 0.3 is 12.1 Å². The van der Waals surface area contributed by atoms with Gasteiger partial charge in [0.2, 0.25) is 11.8 Å². The Morgan fingerprint density at radius 1 is 1.26 bits per heavy atom. The number of allylic oxidation sites excluding steroid dienone is 1. The Bertz CT molecular complexity index is 852. The monoisotopic (exact) mass is 493 g/mol. The van der Waals surface area contributed by atoms with Gasteiger partial charge in [0.15, 0.2) is 0 Å². The third kappa shape index (κ3) is 6.74. The number of esters is 1. The van der Waals surface area contributed by atoms with Crippen LogP contribution in [-0.2, 0) is 23.9 Å². The van der Waals surface area contributed by atoms with Gasteiger partial charge in [0, 0.05) is 18.9 Å². The molecule has 5 atom stereocenters. The number of nitrogens with zero attached hydrogens (tertiary/aromatic N) is 1. The Labute approximate surface area is 206 Å². The van der Waals surface area contributed by atoms with Crippen LogP contribution in [0.3, 0.4) is 0 Å². The van der Waals surface area contributed by atoms with Gasteiger partial charge in [-0.3, -0.25) is 9.59 Å². The number of amides is 3. The second-order valence-corrected chi connectivity index (χ2v) is 10.7. The minimum atomic E-state index is -1.15. The smallest absolute Gasteiger partial charge is 0.408 e. The van der Waals surface area contributed by atoms with Crippen LogP contribution < -0.4 is 10.6 Å². The zero-order chi connectivity index (χ0) is 25.8. The van der Waals surface area contributed by atoms with Crippen molar-refractivity contribution >= 4 is 23.9 Å². The standard InChI is InChI=1S/C25H39N3O7/c1-5-34-22(32)25-14-16(25)11-9-7-6-8-10-12-18(26-23(33)35-24(2,3)4)21(31)28-15-17(29)13-19(28)20(30)27-25/h9,11,16-19,29H,5-8,10,12-15H2,1-4H3,(H,26,33)(H,27,30)/b11-9-/t16-,17?,18+,19+,25-/m1/s1. The molecule has 1 aliphatic carbocycles. The third-order valence-electron chi connectivity index (χ3n) is 6.59. The largest absolute Gasteiger partial charge is 0.464 e. The summed E-state index contributed by atoms with van der Waals surface area (Å²) in [6.07, 6.45) is 6.49. The molecule has 0 spiro atoms. The lowest BCUT2D eigenvalue weighted by molar-refractivity contribution is -0.150. The number of alkyl carbamates (subject to hydrolysis) is 1. The van der Waals surface area contributed by atoms with Crippen LogP contribution in [0.25, 0.3) is 0 Å². The van der Waals surface area contributed by atoms with Gasteiger partial charge in [-0.05, 0) is 53.4 Å². The Morgan fingerprint density at radius 2 is 2.00 bits per heavy atom. The summed E-state index contributed by atoms with van der Waals surface area (Å²) < 4.78 is 10.6. The van der Waals surface area contributed by atoms with Gasteiger partial charge in [0.05, 0.1) is 12.7 Å². The quantitative estimate of drug-likeness (QED) is 0.403. The van der Waals surface area contributed by atoms with E-state index in [2.05, 4.69) is 10.6 Å². The minimum absolute atomic E-state index is 0.0286. The zero-order valence-corrected chi connectivity index (χ0v) is 21.2. The van der Waals surface area contributed by atoms with Crippen molar-refractivity contribution in [3.05, 3.63) is 12.2 Å². The van der Waals surface area contributed by atoms with E-state index in [1.54, 1.807) is 27.7 Å². The predicted octanol–water partition coefficient (Wildman–Crippen LogP) is 1.80. The second kappa shape index (κ2) is 11.0. The molecule has 3 N–H and O–H groups in total. The highest BCUT2D eigenvalue weighted by Gasteiger charge is 2.62. The molecule has 35 heavy (non-hydrogen) atoms. The number of hydrogen-bond acceptors (Lipinski definition) is 7. The Morgan fingerprint density at radius 3 is 2.69 bits per heavy atom. The van der Waals surface area contributed by atoms with Gasteiger partial charge in [0.1, 0.15) is 23.2 Å². The molecule has 196 valence electrons. The maximum atomic E-state index is 13.5. The first kappa shape index (κ1) is 27.0. The van der Waals surface area contributed by atoms with Crippen molar-refractivity contribution in [2.75, 3.05) is 13.2 Å². The van der Waals surface area contributed by atoms with Crippen molar-refractivity contribution in [2.45, 2.75) is 102 Å². The van der Waals surface area contributed by atoms with E-state index in [9.17, 15) is 24.3 Å². The summed E-state index contributed by atoms with van der Waals surface area (Å²) in [6.45, 7) is 7.08. The van der Waals surface area contributed by atoms with E-state index in [1.165, 1.54) is 4.90 Å². The average molecular weight is 494 g/mol. The van der Waals surface area contributed by atoms with Crippen molar-refractivity contribution in [1.29, 1.82) is 0 Å². The second-order valence-electron chi connectivity index (χ2n) is 10.7. The highest BCUT2D eigenvalue weighted by atomic mass is 16.6. The highest BCUT2D eigenvalue weighted by molar-refractivity contribution is 5.96. The number of aliphatic hydroxyl groups is 1. The third-order valence-corrected chi connectivity index (χ3v) is 6.59. The first-order valence-electron chi connectivity index (χ1n) is 12.6. The summed E-state index contributed by atoms with van der Waals surface area (Å²) in [4.78, 5) is 53.4. The summed E-state index contributed by atoms with van der Waals surface area (Å²) in [5.74, 6) is -1.62. The summed E-state index contributed by atoms with van der Waals surface area (Å²) in [6, 6.07) is -1.85. The molecular formula is C25H39N3O7. The fourth-order valence-electron chi connectivity index (χ4n) is 4.77. The Balaban J connectivity index is 1.84. The van der Waals surface area contributed by atoms with Gasteiger partial charge in [0.25, 0.3) is 0 Å². The molecule has 2 aliphatic heterocycles. The van der Waals surface area contributed by atoms with E-state index < -0.39 is 53.2 Å². The zero-order valence-electron chi connectivity index (χ0n) is 21.2. The lowest BCUT2D eigenvalue weighted by Gasteiger charge is -2.30. The number of fused-ring (bicyclic) bond motifs is 2. The van der Waals surface area contributed by atoms with Crippen LogP contribution >= 0.6 is 0 Å². The molecule has 0 bridgehead atoms. The Kier molecular flexibility index (Phi) is 8.46. The topological polar surface area (TPSA) is 134 Å². The van der Waals surface area contributed by atoms with Crippen molar-refractivity contribution < 1.29 is 33.8 Å². The number of carbonyl (C=O) groups excluding carboxylic acids is 4. The molecule has 10 nitrogen and oxygen atoms in total. The molecule has 0 radical (unpaired) electrons. The first-order chi connectivity index (χ1) is 16.5. The Hall–Kier alpha value is -2.62. The van der Waals surface area contributed by atoms with E-state index in [4.69, 9.17) is 9.47 Å². The van der Waals surface area contributed by atoms with Gasteiger partial charge in [-0.25, -0.2) is 9.59 Å². The molecule has 3 rings (SSSR count). The fourth-order valence-corrected chi connectivity index (χ4v) is 4.77. The molecular weight excluding hydrogens is 454 g/mol. The SMILES string of the molecule is CCOC(=O)[C@@]12C[C@H]1/C=C\CCCCC[C@H](NC(=O)OC(C)(C)C)C(=O)N1CC(O)C[C@H]1C(=O)N2. The summed E-state index contributed by atoms with van der Waals surface area (Å²) >= 11 is 0. The van der Waals surface area contributed by atoms with Crippen LogP contribution in [0.4, 0.5) is 4.79 Å². The van der Waals surface area contributed by atoms with E-state index >= 15 is 0 Å². The van der Waals surface area contributed by atoms with Gasteiger partial charge < -0.3 is 30.1 Å². The molecule has 0 aromatic carbocycles. The van der Waals surface area contributed by atoms with Crippen molar-refractivity contribution in [3.63, 3.8) is 0 Å². The first-order valence-corrected chi connectivity index (χ1v) is 12.6. The van der Waals surface area contributed by atoms with Crippen LogP contribution in [0.1, 0.15) is 72.6 Å². The summed E-state index contributed by atoms with van der Waals surface area (Å²) in [7, 11) is 0. The number of ether oxygens (including phenoxy) is 2. The van der Waals surface area contributed by atoms with Gasteiger partial charge in [-0.15, -0.1) is 0 Å². The molecule has 1 saturated carbocycles. The maximum absolute atomic E-state index is 13.5. The van der Waals surface area contributed by atoms with Crippen molar-refractivity contribution in [2.24, 2.45) is 5.92 Å². The van der Waals surface area contributed by atoms with Crippen molar-refractivity contribution in [3.8, 4) is 0 Å². The van der Waals surface area contributed by atoms with E-state index in [0.29, 0.717) is 19.3 Å². The number of aliphatic hydroxyl groups excluding tert-OH is 1. The lowest BCUT2D eigenvalue weighted by Crippen LogP contribution is -2.56. The molecule has 3 amide bonds. The minimum Gasteiger partial charge on any atom is -0.464 e. The van der Waals surface area contributed by atoms with Crippen LogP contribution in [-0.4, -0.2) is 76.4 Å². The molecule has 0 aromatic rings. The maximum Gasteiger partial charge on any atom is 0.408 e.